The number of nitrogens with one attached hydrogen (secondary N) is 2. The maximum absolute atomic E-state index is 11.4. The first-order valence-corrected chi connectivity index (χ1v) is 4.07. The third kappa shape index (κ3) is 0.579. The number of fused-ring (bicyclic) bond motifs is 1. The summed E-state index contributed by atoms with van der Waals surface area (Å²) in [4.78, 5) is 22.8. The highest BCUT2D eigenvalue weighted by Crippen LogP contribution is 2.46. The van der Waals surface area contributed by atoms with Gasteiger partial charge in [-0.3, -0.25) is 14.9 Å². The van der Waals surface area contributed by atoms with Crippen LogP contribution in [0, 0.1) is 10.8 Å². The Labute approximate surface area is 70.7 Å². The Kier molecular flexibility index (Phi) is 1.21. The molecule has 2 N–H and O–H groups in total. The van der Waals surface area contributed by atoms with Gasteiger partial charge in [0.15, 0.2) is 0 Å². The molecule has 2 rings (SSSR count). The fourth-order valence-electron chi connectivity index (χ4n) is 1.99. The van der Waals surface area contributed by atoms with Crippen molar-refractivity contribution in [2.75, 3.05) is 13.1 Å². The fourth-order valence-corrected chi connectivity index (χ4v) is 1.99. The zero-order chi connectivity index (χ0) is 8.98. The molecule has 0 bridgehead atoms. The zero-order valence-corrected chi connectivity index (χ0v) is 7.23. The molecule has 2 heterocycles. The van der Waals surface area contributed by atoms with E-state index in [1.807, 2.05) is 13.8 Å². The lowest BCUT2D eigenvalue weighted by atomic mass is 9.70. The highest BCUT2D eigenvalue weighted by molar-refractivity contribution is 6.10. The van der Waals surface area contributed by atoms with Crippen molar-refractivity contribution < 1.29 is 9.59 Å². The number of imide groups is 1. The first-order chi connectivity index (χ1) is 5.51. The molecule has 0 radical (unpaired) electrons. The molecule has 66 valence electrons. The third-order valence-electron chi connectivity index (χ3n) is 3.40. The van der Waals surface area contributed by atoms with Crippen molar-refractivity contribution in [1.29, 1.82) is 0 Å². The lowest BCUT2D eigenvalue weighted by Gasteiger charge is -2.26. The van der Waals surface area contributed by atoms with Crippen molar-refractivity contribution in [1.82, 2.24) is 10.6 Å². The van der Waals surface area contributed by atoms with Crippen LogP contribution in [-0.4, -0.2) is 24.9 Å². The van der Waals surface area contributed by atoms with Gasteiger partial charge in [-0.2, -0.15) is 0 Å². The summed E-state index contributed by atoms with van der Waals surface area (Å²) in [6, 6.07) is 0. The number of hydrogen-bond donors (Lipinski definition) is 2. The number of rotatable bonds is 0. The predicted octanol–water partition coefficient (Wildman–Crippen LogP) is -0.741. The summed E-state index contributed by atoms with van der Waals surface area (Å²) in [6.45, 7) is 4.88. The summed E-state index contributed by atoms with van der Waals surface area (Å²) in [5, 5.41) is 5.47. The SMILES string of the molecule is CC12CNCC1(C)C(=O)NC2=O. The highest BCUT2D eigenvalue weighted by atomic mass is 16.2. The normalized spacial score (nSPS) is 46.2. The van der Waals surface area contributed by atoms with E-state index in [1.54, 1.807) is 0 Å². The quantitative estimate of drug-likeness (QED) is 0.468. The van der Waals surface area contributed by atoms with Gasteiger partial charge in [-0.15, -0.1) is 0 Å². The third-order valence-corrected chi connectivity index (χ3v) is 3.40. The first kappa shape index (κ1) is 7.73. The van der Waals surface area contributed by atoms with Crippen LogP contribution in [0.4, 0.5) is 0 Å². The van der Waals surface area contributed by atoms with Gasteiger partial charge >= 0.3 is 0 Å². The van der Waals surface area contributed by atoms with Gasteiger partial charge in [0.2, 0.25) is 11.8 Å². The molecule has 0 aromatic rings. The lowest BCUT2D eigenvalue weighted by molar-refractivity contribution is -0.128. The van der Waals surface area contributed by atoms with E-state index >= 15 is 0 Å². The standard InChI is InChI=1S/C8H12N2O2/c1-7-3-9-4-8(7,2)6(12)10-5(7)11/h9H,3-4H2,1-2H3,(H,10,11,12). The number of hydrogen-bond acceptors (Lipinski definition) is 3. The van der Waals surface area contributed by atoms with Crippen molar-refractivity contribution in [3.05, 3.63) is 0 Å². The molecule has 0 aromatic carbocycles. The maximum atomic E-state index is 11.4. The molecule has 4 nitrogen and oxygen atoms in total. The van der Waals surface area contributed by atoms with Crippen LogP contribution in [0.3, 0.4) is 0 Å². The van der Waals surface area contributed by atoms with Crippen LogP contribution in [-0.2, 0) is 9.59 Å². The molecule has 0 saturated carbocycles. The Morgan fingerprint density at radius 3 is 1.92 bits per heavy atom. The lowest BCUT2D eigenvalue weighted by Crippen LogP contribution is -2.38. The maximum Gasteiger partial charge on any atom is 0.234 e. The number of carbonyl (C=O) groups is 2. The van der Waals surface area contributed by atoms with Crippen LogP contribution in [0.5, 0.6) is 0 Å². The van der Waals surface area contributed by atoms with Crippen molar-refractivity contribution in [3.63, 3.8) is 0 Å². The number of amides is 2. The second-order valence-electron chi connectivity index (χ2n) is 4.05. The second kappa shape index (κ2) is 1.88. The van der Waals surface area contributed by atoms with Crippen LogP contribution >= 0.6 is 0 Å². The second-order valence-corrected chi connectivity index (χ2v) is 4.05. The summed E-state index contributed by atoms with van der Waals surface area (Å²) < 4.78 is 0. The van der Waals surface area contributed by atoms with Crippen molar-refractivity contribution in [2.45, 2.75) is 13.8 Å². The van der Waals surface area contributed by atoms with Gasteiger partial charge in [0.05, 0.1) is 10.8 Å². The molecule has 12 heavy (non-hydrogen) atoms. The van der Waals surface area contributed by atoms with E-state index < -0.39 is 10.8 Å². The summed E-state index contributed by atoms with van der Waals surface area (Å²) in [5.74, 6) is -0.278. The first-order valence-electron chi connectivity index (χ1n) is 4.07. The van der Waals surface area contributed by atoms with Gasteiger partial charge in [-0.05, 0) is 13.8 Å². The van der Waals surface area contributed by atoms with Crippen LogP contribution in [0.15, 0.2) is 0 Å². The monoisotopic (exact) mass is 168 g/mol. The molecule has 0 aromatic heterocycles. The summed E-state index contributed by atoms with van der Waals surface area (Å²) in [5.41, 5.74) is -1.08. The van der Waals surface area contributed by atoms with Gasteiger partial charge in [0.1, 0.15) is 0 Å². The Morgan fingerprint density at radius 2 is 1.50 bits per heavy atom. The van der Waals surface area contributed by atoms with Crippen LogP contribution in [0.25, 0.3) is 0 Å². The van der Waals surface area contributed by atoms with E-state index in [2.05, 4.69) is 10.6 Å². The van der Waals surface area contributed by atoms with Gasteiger partial charge in [0.25, 0.3) is 0 Å². The average Bonchev–Trinajstić information content (AvgIpc) is 2.37. The van der Waals surface area contributed by atoms with Crippen molar-refractivity contribution in [2.24, 2.45) is 10.8 Å². The van der Waals surface area contributed by atoms with Crippen molar-refractivity contribution in [3.8, 4) is 0 Å². The summed E-state index contributed by atoms with van der Waals surface area (Å²) in [7, 11) is 0. The van der Waals surface area contributed by atoms with Gasteiger partial charge in [-0.1, -0.05) is 0 Å². The Balaban J connectivity index is 2.52. The predicted molar refractivity (Wildman–Crippen MR) is 42.2 cm³/mol. The van der Waals surface area contributed by atoms with Crippen LogP contribution in [0.1, 0.15) is 13.8 Å². The molecule has 4 heteroatoms. The largest absolute Gasteiger partial charge is 0.315 e. The molecule has 2 saturated heterocycles. The van der Waals surface area contributed by atoms with E-state index in [4.69, 9.17) is 0 Å². The van der Waals surface area contributed by atoms with Gasteiger partial charge in [-0.25, -0.2) is 0 Å². The summed E-state index contributed by atoms with van der Waals surface area (Å²) >= 11 is 0. The molecule has 2 atom stereocenters. The van der Waals surface area contributed by atoms with E-state index in [0.717, 1.165) is 0 Å². The average molecular weight is 168 g/mol. The smallest absolute Gasteiger partial charge is 0.234 e. The van der Waals surface area contributed by atoms with E-state index in [0.29, 0.717) is 13.1 Å². The van der Waals surface area contributed by atoms with E-state index in [9.17, 15) is 9.59 Å². The molecular formula is C8H12N2O2. The zero-order valence-electron chi connectivity index (χ0n) is 7.23. The minimum absolute atomic E-state index is 0.139. The summed E-state index contributed by atoms with van der Waals surface area (Å²) in [6.07, 6.45) is 0. The Morgan fingerprint density at radius 1 is 1.08 bits per heavy atom. The van der Waals surface area contributed by atoms with Gasteiger partial charge < -0.3 is 5.32 Å². The topological polar surface area (TPSA) is 58.2 Å². The number of carbonyl (C=O) groups excluding carboxylic acids is 2. The van der Waals surface area contributed by atoms with Crippen molar-refractivity contribution >= 4 is 11.8 Å². The molecule has 2 fully saturated rings. The van der Waals surface area contributed by atoms with E-state index in [1.165, 1.54) is 0 Å². The van der Waals surface area contributed by atoms with Gasteiger partial charge in [0, 0.05) is 13.1 Å². The highest BCUT2D eigenvalue weighted by Gasteiger charge is 2.63. The minimum Gasteiger partial charge on any atom is -0.315 e. The molecule has 2 amide bonds. The Hall–Kier alpha value is -0.900. The molecule has 2 unspecified atom stereocenters. The minimum atomic E-state index is -0.538. The van der Waals surface area contributed by atoms with E-state index in [-0.39, 0.29) is 11.8 Å². The molecule has 2 aliphatic heterocycles. The molecular weight excluding hydrogens is 156 g/mol. The van der Waals surface area contributed by atoms with Crippen LogP contribution < -0.4 is 10.6 Å². The fraction of sp³-hybridized carbons (Fsp3) is 0.750. The molecule has 0 spiro atoms. The Bertz CT molecular complexity index is 250. The molecule has 2 aliphatic rings. The van der Waals surface area contributed by atoms with Crippen LogP contribution in [0.2, 0.25) is 0 Å². The molecule has 0 aliphatic carbocycles.